The van der Waals surface area contributed by atoms with Crippen LogP contribution in [0.3, 0.4) is 0 Å². The van der Waals surface area contributed by atoms with Gasteiger partial charge in [0.05, 0.1) is 5.52 Å². The van der Waals surface area contributed by atoms with Crippen LogP contribution in [0.4, 0.5) is 10.1 Å². The summed E-state index contributed by atoms with van der Waals surface area (Å²) in [6.45, 7) is 2.04. The van der Waals surface area contributed by atoms with E-state index in [9.17, 15) is 14.4 Å². The fraction of sp³-hybridized carbons (Fsp3) is 0.636. The zero-order valence-electron chi connectivity index (χ0n) is 16.2. The monoisotopic (exact) mass is 385 g/mol. The van der Waals surface area contributed by atoms with Gasteiger partial charge in [0.1, 0.15) is 5.82 Å². The molecule has 6 heteroatoms. The number of aromatic nitrogens is 1. The molecular formula is C22H28FN3O2. The Morgan fingerprint density at radius 2 is 1.64 bits per heavy atom. The number of rotatable bonds is 3. The van der Waals surface area contributed by atoms with Gasteiger partial charge in [-0.3, -0.25) is 4.90 Å². The number of hydrogen-bond acceptors (Lipinski definition) is 4. The lowest BCUT2D eigenvalue weighted by Gasteiger charge is -2.50. The van der Waals surface area contributed by atoms with Gasteiger partial charge in [0.2, 0.25) is 5.88 Å². The number of nitroso groups, excluding NO2 is 1. The highest BCUT2D eigenvalue weighted by Gasteiger charge is 2.41. The Morgan fingerprint density at radius 3 is 2.25 bits per heavy atom. The summed E-state index contributed by atoms with van der Waals surface area (Å²) >= 11 is 0. The Bertz CT molecular complexity index is 866. The first-order valence-corrected chi connectivity index (χ1v) is 10.8. The predicted octanol–water partition coefficient (Wildman–Crippen LogP) is 5.49. The Morgan fingerprint density at radius 1 is 1.00 bits per heavy atom. The largest absolute Gasteiger partial charge is 0.493 e. The van der Waals surface area contributed by atoms with E-state index in [1.165, 1.54) is 50.7 Å². The molecule has 2 saturated carbocycles. The number of halogens is 1. The molecule has 5 nitrogen and oxygen atoms in total. The van der Waals surface area contributed by atoms with Gasteiger partial charge in [-0.2, -0.15) is 0 Å². The molecule has 2 heterocycles. The number of fused-ring (bicyclic) bond motifs is 3. The van der Waals surface area contributed by atoms with E-state index in [2.05, 4.69) is 10.1 Å². The van der Waals surface area contributed by atoms with Gasteiger partial charge >= 0.3 is 0 Å². The van der Waals surface area contributed by atoms with Crippen molar-refractivity contribution in [3.05, 3.63) is 28.9 Å². The molecule has 150 valence electrons. The van der Waals surface area contributed by atoms with Gasteiger partial charge in [-0.15, -0.1) is 4.91 Å². The third-order valence-corrected chi connectivity index (χ3v) is 7.56. The average molecular weight is 385 g/mol. The molecule has 2 bridgehead atoms. The summed E-state index contributed by atoms with van der Waals surface area (Å²) in [5, 5.41) is 14.0. The van der Waals surface area contributed by atoms with E-state index in [0.717, 1.165) is 43.8 Å². The predicted molar refractivity (Wildman–Crippen MR) is 107 cm³/mol. The van der Waals surface area contributed by atoms with E-state index in [1.54, 1.807) is 6.07 Å². The van der Waals surface area contributed by atoms with Crippen molar-refractivity contribution in [2.75, 3.05) is 13.1 Å². The first-order valence-electron chi connectivity index (χ1n) is 10.8. The number of benzene rings is 1. The number of nitrogens with zero attached hydrogens (tertiary/aromatic N) is 3. The van der Waals surface area contributed by atoms with E-state index in [0.29, 0.717) is 10.9 Å². The number of piperidine rings is 1. The fourth-order valence-electron chi connectivity index (χ4n) is 6.40. The summed E-state index contributed by atoms with van der Waals surface area (Å²) in [5.74, 6) is 1.18. The van der Waals surface area contributed by atoms with Crippen LogP contribution in [0.25, 0.3) is 10.9 Å². The minimum absolute atomic E-state index is 0.0428. The van der Waals surface area contributed by atoms with Gasteiger partial charge in [-0.05, 0) is 73.7 Å². The second kappa shape index (κ2) is 7.14. The molecule has 5 rings (SSSR count). The first kappa shape index (κ1) is 18.1. The van der Waals surface area contributed by atoms with E-state index >= 15 is 0 Å². The molecule has 3 aliphatic rings. The normalized spacial score (nSPS) is 29.2. The molecule has 1 N–H and O–H groups in total. The second-order valence-corrected chi connectivity index (χ2v) is 8.93. The van der Waals surface area contributed by atoms with Gasteiger partial charge < -0.3 is 9.67 Å². The van der Waals surface area contributed by atoms with Crippen molar-refractivity contribution < 1.29 is 9.50 Å². The molecule has 1 aromatic carbocycles. The third kappa shape index (κ3) is 2.84. The quantitative estimate of drug-likeness (QED) is 0.711. The van der Waals surface area contributed by atoms with Crippen LogP contribution in [0, 0.1) is 22.6 Å². The smallest absolute Gasteiger partial charge is 0.222 e. The van der Waals surface area contributed by atoms with Gasteiger partial charge in [0.15, 0.2) is 5.69 Å². The Hall–Kier alpha value is -1.95. The molecule has 1 aliphatic heterocycles. The molecule has 0 unspecified atom stereocenters. The zero-order valence-corrected chi connectivity index (χ0v) is 16.2. The molecule has 0 spiro atoms. The maximum absolute atomic E-state index is 13.7. The number of hydrogen-bond donors (Lipinski definition) is 1. The van der Waals surface area contributed by atoms with Crippen LogP contribution < -0.4 is 0 Å². The highest BCUT2D eigenvalue weighted by molar-refractivity contribution is 5.95. The van der Waals surface area contributed by atoms with E-state index < -0.39 is 5.82 Å². The maximum atomic E-state index is 13.7. The molecule has 3 fully saturated rings. The molecule has 2 aliphatic carbocycles. The van der Waals surface area contributed by atoms with Crippen LogP contribution in [0.15, 0.2) is 23.4 Å². The van der Waals surface area contributed by atoms with E-state index in [-0.39, 0.29) is 17.6 Å². The molecule has 1 saturated heterocycles. The Labute approximate surface area is 164 Å². The molecule has 28 heavy (non-hydrogen) atoms. The Kier molecular flexibility index (Phi) is 4.62. The van der Waals surface area contributed by atoms with Crippen LogP contribution >= 0.6 is 0 Å². The molecule has 0 atom stereocenters. The van der Waals surface area contributed by atoms with Gasteiger partial charge in [0, 0.05) is 30.6 Å². The van der Waals surface area contributed by atoms with Gasteiger partial charge in [-0.25, -0.2) is 4.39 Å². The lowest BCUT2D eigenvalue weighted by molar-refractivity contribution is 0.00310. The summed E-state index contributed by atoms with van der Waals surface area (Å²) in [4.78, 5) is 14.0. The number of aromatic hydroxyl groups is 1. The highest BCUT2D eigenvalue weighted by Crippen LogP contribution is 2.46. The summed E-state index contributed by atoms with van der Waals surface area (Å²) in [6, 6.07) is 5.17. The van der Waals surface area contributed by atoms with Crippen molar-refractivity contribution in [1.82, 2.24) is 9.47 Å². The minimum Gasteiger partial charge on any atom is -0.493 e. The van der Waals surface area contributed by atoms with Crippen LogP contribution in [0.5, 0.6) is 5.88 Å². The van der Waals surface area contributed by atoms with Crippen molar-refractivity contribution in [2.24, 2.45) is 17.0 Å². The molecular weight excluding hydrogens is 357 g/mol. The van der Waals surface area contributed by atoms with Gasteiger partial charge in [0.25, 0.3) is 0 Å². The standard InChI is InChI=1S/C22H28FN3O2/c23-16-7-8-19-18(13-16)20(24-28)22(27)26(19)17-9-11-25(12-10-17)21-14-3-1-4-15(21)6-2-5-14/h7-8,13-15,17,21,27H,1-6,9-12H2. The van der Waals surface area contributed by atoms with Crippen molar-refractivity contribution in [2.45, 2.75) is 63.5 Å². The van der Waals surface area contributed by atoms with E-state index in [4.69, 9.17) is 0 Å². The van der Waals surface area contributed by atoms with Crippen LogP contribution in [-0.4, -0.2) is 33.7 Å². The second-order valence-electron chi connectivity index (χ2n) is 8.93. The average Bonchev–Trinajstić information content (AvgIpc) is 2.98. The first-order chi connectivity index (χ1) is 13.7. The maximum Gasteiger partial charge on any atom is 0.222 e. The van der Waals surface area contributed by atoms with Gasteiger partial charge in [-0.1, -0.05) is 12.8 Å². The summed E-state index contributed by atoms with van der Waals surface area (Å²) in [6.07, 6.45) is 10.2. The summed E-state index contributed by atoms with van der Waals surface area (Å²) in [7, 11) is 0. The van der Waals surface area contributed by atoms with Crippen LogP contribution in [0.2, 0.25) is 0 Å². The van der Waals surface area contributed by atoms with E-state index in [1.807, 2.05) is 4.57 Å². The molecule has 0 amide bonds. The topological polar surface area (TPSA) is 57.8 Å². The van der Waals surface area contributed by atoms with Crippen molar-refractivity contribution >= 4 is 16.6 Å². The van der Waals surface area contributed by atoms with Crippen molar-refractivity contribution in [3.63, 3.8) is 0 Å². The van der Waals surface area contributed by atoms with Crippen molar-refractivity contribution in [1.29, 1.82) is 0 Å². The highest BCUT2D eigenvalue weighted by atomic mass is 19.1. The SMILES string of the molecule is O=Nc1c(O)n(C2CCN(C3C4CCCC3CCC4)CC2)c2ccc(F)cc12. The lowest BCUT2D eigenvalue weighted by atomic mass is 9.67. The Balaban J connectivity index is 1.39. The van der Waals surface area contributed by atoms with Crippen molar-refractivity contribution in [3.8, 4) is 5.88 Å². The lowest BCUT2D eigenvalue weighted by Crippen LogP contribution is -2.52. The molecule has 0 radical (unpaired) electrons. The summed E-state index contributed by atoms with van der Waals surface area (Å²) in [5.41, 5.74) is 0.653. The number of likely N-dealkylation sites (tertiary alicyclic amines) is 1. The van der Waals surface area contributed by atoms with Crippen LogP contribution in [-0.2, 0) is 0 Å². The third-order valence-electron chi connectivity index (χ3n) is 7.56. The summed E-state index contributed by atoms with van der Waals surface area (Å²) < 4.78 is 15.5. The fourth-order valence-corrected chi connectivity index (χ4v) is 6.40. The zero-order chi connectivity index (χ0) is 19.3. The molecule has 1 aromatic heterocycles. The molecule has 2 aromatic rings. The minimum atomic E-state index is -0.423. The van der Waals surface area contributed by atoms with Crippen LogP contribution in [0.1, 0.15) is 57.4 Å².